The van der Waals surface area contributed by atoms with Crippen LogP contribution in [0.3, 0.4) is 0 Å². The predicted molar refractivity (Wildman–Crippen MR) is 135 cm³/mol. The Bertz CT molecular complexity index is 1290. The number of piperazine rings is 1. The Hall–Kier alpha value is -3.71. The molecule has 214 valence electrons. The first kappa shape index (κ1) is 29.3. The van der Waals surface area contributed by atoms with Crippen LogP contribution in [0, 0.1) is 0 Å². The number of amides is 1. The summed E-state index contributed by atoms with van der Waals surface area (Å²) in [7, 11) is 1.29. The van der Waals surface area contributed by atoms with Crippen molar-refractivity contribution in [2.75, 3.05) is 51.3 Å². The molecular formula is C27H27F6N5O2. The number of benzene rings is 2. The Labute approximate surface area is 226 Å². The van der Waals surface area contributed by atoms with Crippen molar-refractivity contribution in [2.45, 2.75) is 18.9 Å². The summed E-state index contributed by atoms with van der Waals surface area (Å²) >= 11 is 0. The topological polar surface area (TPSA) is 72.8 Å². The van der Waals surface area contributed by atoms with E-state index in [0.29, 0.717) is 62.1 Å². The molecule has 0 unspecified atom stereocenters. The maximum atomic E-state index is 13.5. The highest BCUT2D eigenvalue weighted by molar-refractivity contribution is 5.99. The highest BCUT2D eigenvalue weighted by atomic mass is 19.4. The fourth-order valence-electron chi connectivity index (χ4n) is 4.47. The summed E-state index contributed by atoms with van der Waals surface area (Å²) in [6.07, 6.45) is -8.66. The molecule has 1 aromatic heterocycles. The third kappa shape index (κ3) is 6.89. The average molecular weight is 568 g/mol. The zero-order chi connectivity index (χ0) is 29.1. The molecule has 2 aromatic carbocycles. The molecule has 0 bridgehead atoms. The maximum Gasteiger partial charge on any atom is 0.416 e. The van der Waals surface area contributed by atoms with Gasteiger partial charge in [-0.05, 0) is 23.8 Å². The Balaban J connectivity index is 1.64. The molecule has 3 aromatic rings. The van der Waals surface area contributed by atoms with Crippen LogP contribution in [-0.2, 0) is 18.9 Å². The number of aliphatic hydroxyl groups excluding tert-OH is 1. The standard InChI is InChI=1S/C27H27F6N5O2/c1-36(17-18-13-20(26(28,29)30)15-21(14-18)27(31,32)33)24(40)22-16-34-25(35-23(22)19-5-3-2-4-6-19)38-9-7-37(8-10-38)11-12-39/h2-6,13-16,39H,7-12,17H2,1H3. The number of carbonyl (C=O) groups excluding carboxylic acids is 1. The van der Waals surface area contributed by atoms with E-state index in [-0.39, 0.29) is 23.8 Å². The number of halogens is 6. The molecule has 1 fully saturated rings. The van der Waals surface area contributed by atoms with E-state index in [1.807, 2.05) is 4.90 Å². The van der Waals surface area contributed by atoms with Gasteiger partial charge in [-0.25, -0.2) is 9.97 Å². The lowest BCUT2D eigenvalue weighted by Crippen LogP contribution is -2.47. The van der Waals surface area contributed by atoms with E-state index in [4.69, 9.17) is 5.11 Å². The van der Waals surface area contributed by atoms with Gasteiger partial charge in [0.1, 0.15) is 0 Å². The molecule has 0 radical (unpaired) electrons. The van der Waals surface area contributed by atoms with Crippen LogP contribution in [0.2, 0.25) is 0 Å². The zero-order valence-corrected chi connectivity index (χ0v) is 21.5. The Morgan fingerprint density at radius 2 is 1.55 bits per heavy atom. The van der Waals surface area contributed by atoms with Crippen molar-refractivity contribution in [1.82, 2.24) is 19.8 Å². The molecule has 0 atom stereocenters. The molecular weight excluding hydrogens is 540 g/mol. The smallest absolute Gasteiger partial charge is 0.395 e. The Morgan fingerprint density at radius 1 is 0.950 bits per heavy atom. The van der Waals surface area contributed by atoms with Crippen LogP contribution in [0.1, 0.15) is 27.0 Å². The van der Waals surface area contributed by atoms with E-state index >= 15 is 0 Å². The fraction of sp³-hybridized carbons (Fsp3) is 0.370. The number of nitrogens with zero attached hydrogens (tertiary/aromatic N) is 5. The highest BCUT2D eigenvalue weighted by Gasteiger charge is 2.37. The molecule has 1 aliphatic heterocycles. The fourth-order valence-corrected chi connectivity index (χ4v) is 4.47. The van der Waals surface area contributed by atoms with Crippen LogP contribution in [0.5, 0.6) is 0 Å². The van der Waals surface area contributed by atoms with Gasteiger partial charge in [0.25, 0.3) is 5.91 Å². The Kier molecular flexibility index (Phi) is 8.64. The molecule has 0 aliphatic carbocycles. The summed E-state index contributed by atoms with van der Waals surface area (Å²) in [6.45, 7) is 2.67. The minimum atomic E-state index is -4.99. The number of hydrogen-bond donors (Lipinski definition) is 1. The third-order valence-corrected chi connectivity index (χ3v) is 6.54. The Morgan fingerprint density at radius 3 is 2.10 bits per heavy atom. The summed E-state index contributed by atoms with van der Waals surface area (Å²) in [5.41, 5.74) is -2.28. The summed E-state index contributed by atoms with van der Waals surface area (Å²) in [5, 5.41) is 9.17. The second-order valence-corrected chi connectivity index (χ2v) is 9.43. The van der Waals surface area contributed by atoms with E-state index in [0.717, 1.165) is 4.90 Å². The van der Waals surface area contributed by atoms with E-state index in [1.54, 1.807) is 30.3 Å². The molecule has 40 heavy (non-hydrogen) atoms. The molecule has 0 saturated carbocycles. The lowest BCUT2D eigenvalue weighted by atomic mass is 10.0. The number of alkyl halides is 6. The molecule has 13 heteroatoms. The molecule has 7 nitrogen and oxygen atoms in total. The second kappa shape index (κ2) is 11.8. The number of carbonyl (C=O) groups is 1. The van der Waals surface area contributed by atoms with Gasteiger partial charge in [-0.1, -0.05) is 30.3 Å². The SMILES string of the molecule is CN(Cc1cc(C(F)(F)F)cc(C(F)(F)F)c1)C(=O)c1cnc(N2CCN(CCO)CC2)nc1-c1ccccc1. The molecule has 1 saturated heterocycles. The summed E-state index contributed by atoms with van der Waals surface area (Å²) < 4.78 is 79.8. The van der Waals surface area contributed by atoms with Gasteiger partial charge in [-0.15, -0.1) is 0 Å². The van der Waals surface area contributed by atoms with Gasteiger partial charge in [0.05, 0.1) is 29.0 Å². The first-order chi connectivity index (χ1) is 18.9. The summed E-state index contributed by atoms with van der Waals surface area (Å²) in [4.78, 5) is 27.6. The second-order valence-electron chi connectivity index (χ2n) is 9.43. The van der Waals surface area contributed by atoms with Crippen molar-refractivity contribution in [1.29, 1.82) is 0 Å². The number of hydrogen-bond acceptors (Lipinski definition) is 6. The number of β-amino-alcohol motifs (C(OH)–C–C–N with tert-alkyl or cyclic N) is 1. The summed E-state index contributed by atoms with van der Waals surface area (Å²) in [6, 6.07) is 10.0. The van der Waals surface area contributed by atoms with E-state index in [2.05, 4.69) is 14.9 Å². The van der Waals surface area contributed by atoms with Gasteiger partial charge in [-0.3, -0.25) is 9.69 Å². The number of rotatable bonds is 7. The zero-order valence-electron chi connectivity index (χ0n) is 21.5. The molecule has 2 heterocycles. The van der Waals surface area contributed by atoms with Crippen molar-refractivity contribution >= 4 is 11.9 Å². The largest absolute Gasteiger partial charge is 0.416 e. The summed E-state index contributed by atoms with van der Waals surface area (Å²) in [5.74, 6) is -0.279. The van der Waals surface area contributed by atoms with Crippen molar-refractivity contribution in [2.24, 2.45) is 0 Å². The molecule has 4 rings (SSSR count). The first-order valence-electron chi connectivity index (χ1n) is 12.4. The number of anilines is 1. The van der Waals surface area contributed by atoms with Crippen LogP contribution in [0.25, 0.3) is 11.3 Å². The van der Waals surface area contributed by atoms with Gasteiger partial charge in [0.15, 0.2) is 0 Å². The van der Waals surface area contributed by atoms with E-state index in [9.17, 15) is 31.1 Å². The maximum absolute atomic E-state index is 13.5. The lowest BCUT2D eigenvalue weighted by Gasteiger charge is -2.34. The van der Waals surface area contributed by atoms with Gasteiger partial charge < -0.3 is 14.9 Å². The first-order valence-corrected chi connectivity index (χ1v) is 12.4. The van der Waals surface area contributed by atoms with Gasteiger partial charge in [-0.2, -0.15) is 26.3 Å². The lowest BCUT2D eigenvalue weighted by molar-refractivity contribution is -0.143. The minimum Gasteiger partial charge on any atom is -0.395 e. The number of aliphatic hydroxyl groups is 1. The van der Waals surface area contributed by atoms with Crippen molar-refractivity contribution in [3.63, 3.8) is 0 Å². The van der Waals surface area contributed by atoms with Gasteiger partial charge >= 0.3 is 12.4 Å². The molecule has 1 amide bonds. The normalized spacial score (nSPS) is 14.8. The van der Waals surface area contributed by atoms with E-state index < -0.39 is 35.9 Å². The monoisotopic (exact) mass is 567 g/mol. The van der Waals surface area contributed by atoms with Crippen molar-refractivity contribution < 1.29 is 36.2 Å². The molecule has 1 N–H and O–H groups in total. The van der Waals surface area contributed by atoms with Crippen LogP contribution in [0.4, 0.5) is 32.3 Å². The van der Waals surface area contributed by atoms with Gasteiger partial charge in [0.2, 0.25) is 5.95 Å². The quantitative estimate of drug-likeness (QED) is 0.422. The number of aromatic nitrogens is 2. The molecule has 0 spiro atoms. The molecule has 1 aliphatic rings. The van der Waals surface area contributed by atoms with Crippen LogP contribution >= 0.6 is 0 Å². The van der Waals surface area contributed by atoms with E-state index in [1.165, 1.54) is 13.2 Å². The van der Waals surface area contributed by atoms with Gasteiger partial charge in [0, 0.05) is 58.1 Å². The highest BCUT2D eigenvalue weighted by Crippen LogP contribution is 2.36. The third-order valence-electron chi connectivity index (χ3n) is 6.54. The van der Waals surface area contributed by atoms with Crippen LogP contribution in [0.15, 0.2) is 54.7 Å². The minimum absolute atomic E-state index is 0.0506. The average Bonchev–Trinajstić information content (AvgIpc) is 2.92. The van der Waals surface area contributed by atoms with Crippen molar-refractivity contribution in [3.05, 3.63) is 77.0 Å². The van der Waals surface area contributed by atoms with Crippen LogP contribution < -0.4 is 4.90 Å². The van der Waals surface area contributed by atoms with Crippen LogP contribution in [-0.4, -0.2) is 77.2 Å². The van der Waals surface area contributed by atoms with Crippen molar-refractivity contribution in [3.8, 4) is 11.3 Å². The predicted octanol–water partition coefficient (Wildman–Crippen LogP) is 4.57.